The Kier molecular flexibility index (Phi) is 62.0. The van der Waals surface area contributed by atoms with Crippen molar-refractivity contribution in [3.05, 3.63) is 0 Å². The van der Waals surface area contributed by atoms with Crippen molar-refractivity contribution in [3.8, 4) is 0 Å². The molecule has 266 valence electrons. The average Bonchev–Trinajstić information content (AvgIpc) is 2.64. The third-order valence-electron chi connectivity index (χ3n) is 7.19. The molecule has 0 saturated heterocycles. The van der Waals surface area contributed by atoms with Gasteiger partial charge in [0.2, 0.25) is 0 Å². The quantitative estimate of drug-likeness (QED) is 0.241. The molecule has 14 heteroatoms. The summed E-state index contributed by atoms with van der Waals surface area (Å²) in [5.74, 6) is 42.0. The summed E-state index contributed by atoms with van der Waals surface area (Å²) in [6.07, 6.45) is 0. The zero-order valence-corrected chi connectivity index (χ0v) is 59.8. The molecule has 0 fully saturated rings. The summed E-state index contributed by atoms with van der Waals surface area (Å²) in [4.78, 5) is 0. The number of hydrogen-bond acceptors (Lipinski definition) is 0. The number of hydrogen-bond donors (Lipinski definition) is 0. The van der Waals surface area contributed by atoms with Crippen LogP contribution < -0.4 is 0 Å². The van der Waals surface area contributed by atoms with Gasteiger partial charge in [0.25, 0.3) is 0 Å². The van der Waals surface area contributed by atoms with E-state index in [-0.39, 0.29) is 138 Å². The molecule has 0 N–H and O–H groups in total. The maximum absolute atomic E-state index is 2.81. The van der Waals surface area contributed by atoms with E-state index >= 15 is 0 Å². The molecule has 0 aromatic rings. The third kappa shape index (κ3) is 52.0. The second-order valence-corrected chi connectivity index (χ2v) is 114. The molecule has 0 aromatic heterocycles. The molecule has 0 aliphatic carbocycles. The molecule has 0 atom stereocenters. The summed E-state index contributed by atoms with van der Waals surface area (Å²) in [6.45, 7) is 32.7. The minimum Gasteiger partial charge on any atom is 0 e. The zero-order valence-electron chi connectivity index (χ0n) is 37.0. The van der Waals surface area contributed by atoms with Crippen LogP contribution in [0.25, 0.3) is 0 Å². The molecular formula is C30H90Ge8Si6. The summed E-state index contributed by atoms with van der Waals surface area (Å²) in [6, 6.07) is 0. The first-order valence-electron chi connectivity index (χ1n) is 16.2. The van der Waals surface area contributed by atoms with Crippen LogP contribution in [0.1, 0.15) is 0 Å². The van der Waals surface area contributed by atoms with Crippen LogP contribution in [0.4, 0.5) is 0 Å². The predicted molar refractivity (Wildman–Crippen MR) is 256 cm³/mol. The van der Waals surface area contributed by atoms with Crippen LogP contribution in [-0.4, -0.2) is 166 Å². The fourth-order valence-corrected chi connectivity index (χ4v) is 130. The molecule has 0 bridgehead atoms. The molecule has 0 aliphatic heterocycles. The van der Waals surface area contributed by atoms with E-state index < -0.39 is 28.4 Å². The van der Waals surface area contributed by atoms with Crippen molar-refractivity contribution in [2.75, 3.05) is 0 Å². The van der Waals surface area contributed by atoms with Crippen molar-refractivity contribution < 1.29 is 0 Å². The minimum absolute atomic E-state index is 0. The molecule has 0 nitrogen and oxygen atoms in total. The van der Waals surface area contributed by atoms with Gasteiger partial charge in [-0.3, -0.25) is 0 Å². The normalized spacial score (nSPS) is 11.3. The predicted octanol–water partition coefficient (Wildman–Crippen LogP) is 12.2. The molecule has 0 aromatic carbocycles. The first-order chi connectivity index (χ1) is 18.0. The Morgan fingerprint density at radius 2 is 0.341 bits per heavy atom. The molecule has 0 heterocycles. The van der Waals surface area contributed by atoms with Gasteiger partial charge in [-0.15, -0.1) is 0 Å². The Hall–Kier alpha value is 5.64. The van der Waals surface area contributed by atoms with Gasteiger partial charge in [-0.05, 0) is 0 Å². The standard InChI is InChI=1S/C12H36Si6.6C3H9Ge.2Ge/c1-13(2)15(5,6)17(9,10)18(11,12)16(7,8)14(3)4;6*1-4(2)3;;/h1-12H3;6*1-3H3;;. The fraction of sp³-hybridized carbons (Fsp3) is 1.00. The van der Waals surface area contributed by atoms with E-state index in [2.05, 4.69) is 182 Å². The topological polar surface area (TPSA) is 0 Å². The smallest absolute Gasteiger partial charge is 0 e. The van der Waals surface area contributed by atoms with Gasteiger partial charge in [0.15, 0.2) is 0 Å². The minimum atomic E-state index is -1.01. The number of rotatable bonds is 5. The Morgan fingerprint density at radius 3 is 0.386 bits per heavy atom. The molecule has 0 spiro atoms. The van der Waals surface area contributed by atoms with Crippen LogP contribution in [0.5, 0.6) is 0 Å². The van der Waals surface area contributed by atoms with Gasteiger partial charge < -0.3 is 0 Å². The second-order valence-electron chi connectivity index (χ2n) is 17.5. The summed E-state index contributed by atoms with van der Waals surface area (Å²) >= 11 is -2.00. The van der Waals surface area contributed by atoms with Crippen molar-refractivity contribution in [3.63, 3.8) is 0 Å². The van der Waals surface area contributed by atoms with Gasteiger partial charge in [0.1, 0.15) is 0 Å². The third-order valence-corrected chi connectivity index (χ3v) is 114. The first-order valence-corrected chi connectivity index (χ1v) is 76.0. The van der Waals surface area contributed by atoms with Crippen LogP contribution in [-0.2, 0) is 0 Å². The monoisotopic (exact) mass is 1210 g/mol. The van der Waals surface area contributed by atoms with E-state index in [0.717, 1.165) is 0 Å². The molecule has 16 radical (unpaired) electrons. The first kappa shape index (κ1) is 71.1. The van der Waals surface area contributed by atoms with E-state index in [1.807, 2.05) is 0 Å². The van der Waals surface area contributed by atoms with Gasteiger partial charge >= 0.3 is 190 Å². The largest absolute Gasteiger partial charge is 0 e. The van der Waals surface area contributed by atoms with Crippen LogP contribution in [0.2, 0.25) is 182 Å². The van der Waals surface area contributed by atoms with Gasteiger partial charge in [0.05, 0.1) is 0 Å². The molecule has 44 heavy (non-hydrogen) atoms. The van der Waals surface area contributed by atoms with Crippen LogP contribution in [0, 0.1) is 0 Å². The van der Waals surface area contributed by atoms with Crippen molar-refractivity contribution >= 4 is 166 Å². The van der Waals surface area contributed by atoms with Crippen LogP contribution in [0.15, 0.2) is 0 Å². The Bertz CT molecular complexity index is 465. The Labute approximate surface area is 343 Å². The van der Waals surface area contributed by atoms with E-state index in [0.29, 0.717) is 0 Å². The Morgan fingerprint density at radius 1 is 0.273 bits per heavy atom. The summed E-state index contributed by atoms with van der Waals surface area (Å²) in [5.41, 5.74) is 0. The maximum atomic E-state index is 2.81. The van der Waals surface area contributed by atoms with Gasteiger partial charge in [-0.25, -0.2) is 0 Å². The molecule has 0 saturated carbocycles. The van der Waals surface area contributed by atoms with Crippen molar-refractivity contribution in [1.29, 1.82) is 0 Å². The van der Waals surface area contributed by atoms with Crippen molar-refractivity contribution in [2.24, 2.45) is 0 Å². The van der Waals surface area contributed by atoms with Gasteiger partial charge in [0, 0.05) is 80.3 Å². The summed E-state index contributed by atoms with van der Waals surface area (Å²) < 4.78 is 0. The molecule has 0 amide bonds. The molecule has 0 rings (SSSR count). The summed E-state index contributed by atoms with van der Waals surface area (Å²) in [7, 11) is -4.04. The molecule has 0 unspecified atom stereocenters. The van der Waals surface area contributed by atoms with E-state index in [9.17, 15) is 0 Å². The van der Waals surface area contributed by atoms with Crippen molar-refractivity contribution in [2.45, 2.75) is 182 Å². The van der Waals surface area contributed by atoms with Crippen LogP contribution >= 0.6 is 0 Å². The van der Waals surface area contributed by atoms with Crippen LogP contribution in [0.3, 0.4) is 0 Å². The molecular weight excluding hydrogens is 1110 g/mol. The molecule has 0 aliphatic rings. The van der Waals surface area contributed by atoms with Gasteiger partial charge in [-0.1, -0.05) is 78.6 Å². The van der Waals surface area contributed by atoms with Gasteiger partial charge in [-0.2, -0.15) is 0 Å². The SMILES string of the molecule is C[Si](C)[Si](C)(C)[Si](C)(C)[Si](C)(C)[Si](C)(C)[Si](C)C.[CH3][Ge]([CH3])[CH3].[CH3][Ge]([CH3])[CH3].[CH3][Ge]([CH3])[CH3].[CH3][Ge]([CH3])[CH3].[CH3][Ge]([CH3])[CH3].[CH3][Ge]([CH3])[CH3].[Ge].[Ge]. The second kappa shape index (κ2) is 38.4. The van der Waals surface area contributed by atoms with E-state index in [4.69, 9.17) is 0 Å². The fourth-order valence-electron chi connectivity index (χ4n) is 2.81. The Balaban J connectivity index is -0.0000000552. The van der Waals surface area contributed by atoms with Crippen molar-refractivity contribution in [1.82, 2.24) is 0 Å². The van der Waals surface area contributed by atoms with E-state index in [1.54, 1.807) is 0 Å². The maximum Gasteiger partial charge on any atom is 0 e. The average molecular weight is 1200 g/mol. The zero-order chi connectivity index (χ0) is 36.6. The summed E-state index contributed by atoms with van der Waals surface area (Å²) in [5, 5.41) is 0. The van der Waals surface area contributed by atoms with E-state index in [1.165, 1.54) is 0 Å².